The van der Waals surface area contributed by atoms with Crippen LogP contribution in [0.15, 0.2) is 28.3 Å². The van der Waals surface area contributed by atoms with Gasteiger partial charge in [-0.1, -0.05) is 6.92 Å². The van der Waals surface area contributed by atoms with E-state index in [1.165, 1.54) is 4.88 Å². The summed E-state index contributed by atoms with van der Waals surface area (Å²) in [4.78, 5) is 12.3. The van der Waals surface area contributed by atoms with Crippen LogP contribution in [0.3, 0.4) is 0 Å². The van der Waals surface area contributed by atoms with Crippen LogP contribution in [0.2, 0.25) is 0 Å². The largest absolute Gasteiger partial charge is 0.353 e. The monoisotopic (exact) mass is 340 g/mol. The lowest BCUT2D eigenvalue weighted by Crippen LogP contribution is -2.19. The average molecular weight is 341 g/mol. The van der Waals surface area contributed by atoms with E-state index in [9.17, 15) is 0 Å². The van der Waals surface area contributed by atoms with Gasteiger partial charge in [0.2, 0.25) is 0 Å². The molecule has 2 rings (SSSR count). The van der Waals surface area contributed by atoms with E-state index < -0.39 is 0 Å². The van der Waals surface area contributed by atoms with E-state index in [0.717, 1.165) is 35.6 Å². The SMILES string of the molecule is CCNCc1cncc(N(C)Cc2cc(Br)cs2)n1. The Bertz CT molecular complexity index is 529. The van der Waals surface area contributed by atoms with Gasteiger partial charge in [-0.25, -0.2) is 4.98 Å². The molecule has 0 aliphatic carbocycles. The van der Waals surface area contributed by atoms with Gasteiger partial charge in [0.15, 0.2) is 0 Å². The molecule has 1 N–H and O–H groups in total. The summed E-state index contributed by atoms with van der Waals surface area (Å²) in [6, 6.07) is 2.14. The highest BCUT2D eigenvalue weighted by Gasteiger charge is 2.07. The number of nitrogens with zero attached hydrogens (tertiary/aromatic N) is 3. The number of thiophene rings is 1. The van der Waals surface area contributed by atoms with Crippen LogP contribution < -0.4 is 10.2 Å². The Labute approximate surface area is 126 Å². The van der Waals surface area contributed by atoms with Gasteiger partial charge in [0.25, 0.3) is 0 Å². The molecule has 0 fully saturated rings. The fraction of sp³-hybridized carbons (Fsp3) is 0.385. The maximum atomic E-state index is 4.61. The van der Waals surface area contributed by atoms with Crippen molar-refractivity contribution in [2.75, 3.05) is 18.5 Å². The van der Waals surface area contributed by atoms with E-state index >= 15 is 0 Å². The molecule has 0 unspecified atom stereocenters. The van der Waals surface area contributed by atoms with E-state index in [2.05, 4.69) is 54.5 Å². The number of rotatable bonds is 6. The minimum atomic E-state index is 0.760. The molecule has 0 aliphatic rings. The summed E-state index contributed by atoms with van der Waals surface area (Å²) in [7, 11) is 2.04. The summed E-state index contributed by atoms with van der Waals surface area (Å²) in [5, 5.41) is 5.35. The lowest BCUT2D eigenvalue weighted by atomic mass is 10.4. The number of hydrogen-bond donors (Lipinski definition) is 1. The molecule has 0 atom stereocenters. The third-order valence-corrected chi connectivity index (χ3v) is 4.32. The third-order valence-electron chi connectivity index (χ3n) is 2.63. The third kappa shape index (κ3) is 4.26. The van der Waals surface area contributed by atoms with Gasteiger partial charge in [-0.15, -0.1) is 11.3 Å². The predicted molar refractivity (Wildman–Crippen MR) is 83.5 cm³/mol. The second-order valence-corrected chi connectivity index (χ2v) is 6.15. The Morgan fingerprint density at radius 2 is 2.26 bits per heavy atom. The zero-order valence-corrected chi connectivity index (χ0v) is 13.5. The molecule has 102 valence electrons. The first-order chi connectivity index (χ1) is 9.19. The van der Waals surface area contributed by atoms with Crippen molar-refractivity contribution in [2.24, 2.45) is 0 Å². The first-order valence-corrected chi connectivity index (χ1v) is 7.82. The summed E-state index contributed by atoms with van der Waals surface area (Å²) < 4.78 is 1.13. The molecule has 0 aromatic carbocycles. The summed E-state index contributed by atoms with van der Waals surface area (Å²) in [6.07, 6.45) is 3.61. The van der Waals surface area contributed by atoms with Crippen LogP contribution in [-0.2, 0) is 13.1 Å². The van der Waals surface area contributed by atoms with E-state index in [1.807, 2.05) is 13.2 Å². The average Bonchev–Trinajstić information content (AvgIpc) is 2.82. The molecule has 6 heteroatoms. The van der Waals surface area contributed by atoms with E-state index in [-0.39, 0.29) is 0 Å². The Kier molecular flexibility index (Phi) is 5.30. The Morgan fingerprint density at radius 1 is 1.42 bits per heavy atom. The molecule has 2 aromatic heterocycles. The fourth-order valence-corrected chi connectivity index (χ4v) is 3.17. The number of aromatic nitrogens is 2. The standard InChI is InChI=1S/C13H17BrN4S/c1-3-15-5-11-6-16-7-13(17-11)18(2)8-12-4-10(14)9-19-12/h4,6-7,9,15H,3,5,8H2,1-2H3. The van der Waals surface area contributed by atoms with Gasteiger partial charge < -0.3 is 10.2 Å². The normalized spacial score (nSPS) is 10.7. The molecular formula is C13H17BrN4S. The van der Waals surface area contributed by atoms with E-state index in [0.29, 0.717) is 0 Å². The van der Waals surface area contributed by atoms with Crippen LogP contribution in [0.5, 0.6) is 0 Å². The maximum Gasteiger partial charge on any atom is 0.147 e. The first kappa shape index (κ1) is 14.4. The second-order valence-electron chi connectivity index (χ2n) is 4.24. The van der Waals surface area contributed by atoms with Gasteiger partial charge >= 0.3 is 0 Å². The zero-order valence-electron chi connectivity index (χ0n) is 11.1. The highest BCUT2D eigenvalue weighted by Crippen LogP contribution is 2.22. The highest BCUT2D eigenvalue weighted by atomic mass is 79.9. The fourth-order valence-electron chi connectivity index (χ4n) is 1.67. The quantitative estimate of drug-likeness (QED) is 0.877. The van der Waals surface area contributed by atoms with Gasteiger partial charge in [0.05, 0.1) is 18.4 Å². The van der Waals surface area contributed by atoms with Gasteiger partial charge in [-0.05, 0) is 28.5 Å². The number of nitrogens with one attached hydrogen (secondary N) is 1. The number of anilines is 1. The van der Waals surface area contributed by atoms with Gasteiger partial charge in [-0.3, -0.25) is 4.98 Å². The molecule has 0 saturated carbocycles. The summed E-state index contributed by atoms with van der Waals surface area (Å²) in [6.45, 7) is 4.62. The molecule has 4 nitrogen and oxygen atoms in total. The van der Waals surface area contributed by atoms with Crippen LogP contribution >= 0.6 is 27.3 Å². The smallest absolute Gasteiger partial charge is 0.147 e. The van der Waals surface area contributed by atoms with Crippen molar-refractivity contribution in [3.8, 4) is 0 Å². The van der Waals surface area contributed by atoms with Gasteiger partial charge in [0, 0.05) is 34.5 Å². The van der Waals surface area contributed by atoms with Crippen LogP contribution in [-0.4, -0.2) is 23.6 Å². The molecule has 0 spiro atoms. The van der Waals surface area contributed by atoms with Crippen LogP contribution in [0.4, 0.5) is 5.82 Å². The molecule has 2 heterocycles. The minimum absolute atomic E-state index is 0.760. The van der Waals surface area contributed by atoms with Crippen LogP contribution in [0.1, 0.15) is 17.5 Å². The molecule has 2 aromatic rings. The molecule has 19 heavy (non-hydrogen) atoms. The van der Waals surface area contributed by atoms with Crippen LogP contribution in [0.25, 0.3) is 0 Å². The second kappa shape index (κ2) is 6.98. The summed E-state index contributed by atoms with van der Waals surface area (Å²) in [5.74, 6) is 0.903. The first-order valence-electron chi connectivity index (χ1n) is 6.14. The Hall–Kier alpha value is -0.980. The number of halogens is 1. The lowest BCUT2D eigenvalue weighted by molar-refractivity contribution is 0.704. The summed E-state index contributed by atoms with van der Waals surface area (Å²) >= 11 is 5.22. The number of hydrogen-bond acceptors (Lipinski definition) is 5. The molecule has 0 aliphatic heterocycles. The molecular weight excluding hydrogens is 324 g/mol. The van der Waals surface area contributed by atoms with E-state index in [1.54, 1.807) is 17.5 Å². The van der Waals surface area contributed by atoms with Crippen molar-refractivity contribution < 1.29 is 0 Å². The minimum Gasteiger partial charge on any atom is -0.353 e. The van der Waals surface area contributed by atoms with Gasteiger partial charge in [0.1, 0.15) is 5.82 Å². The molecule has 0 radical (unpaired) electrons. The molecule has 0 amide bonds. The molecule has 0 bridgehead atoms. The van der Waals surface area contributed by atoms with Crippen LogP contribution in [0, 0.1) is 0 Å². The highest BCUT2D eigenvalue weighted by molar-refractivity contribution is 9.10. The zero-order chi connectivity index (χ0) is 13.7. The predicted octanol–water partition coefficient (Wildman–Crippen LogP) is 3.05. The molecule has 0 saturated heterocycles. The van der Waals surface area contributed by atoms with Crippen molar-refractivity contribution in [3.05, 3.63) is 38.9 Å². The van der Waals surface area contributed by atoms with Crippen molar-refractivity contribution in [3.63, 3.8) is 0 Å². The maximum absolute atomic E-state index is 4.61. The van der Waals surface area contributed by atoms with Crippen molar-refractivity contribution >= 4 is 33.1 Å². The Morgan fingerprint density at radius 3 is 2.95 bits per heavy atom. The van der Waals surface area contributed by atoms with Crippen molar-refractivity contribution in [2.45, 2.75) is 20.0 Å². The lowest BCUT2D eigenvalue weighted by Gasteiger charge is -2.17. The topological polar surface area (TPSA) is 41.1 Å². The Balaban J connectivity index is 2.03. The van der Waals surface area contributed by atoms with Gasteiger partial charge in [-0.2, -0.15) is 0 Å². The summed E-state index contributed by atoms with van der Waals surface area (Å²) in [5.41, 5.74) is 0.971. The van der Waals surface area contributed by atoms with E-state index in [4.69, 9.17) is 0 Å². The van der Waals surface area contributed by atoms with Crippen molar-refractivity contribution in [1.82, 2.24) is 15.3 Å². The van der Waals surface area contributed by atoms with Crippen molar-refractivity contribution in [1.29, 1.82) is 0 Å².